The molecule has 0 fully saturated rings. The lowest BCUT2D eigenvalue weighted by atomic mass is 9.85. The molecule has 0 aromatic heterocycles. The molecule has 1 N–H and O–H groups in total. The maximum Gasteiger partial charge on any atom is 0.407 e. The Morgan fingerprint density at radius 3 is 2.14 bits per heavy atom. The summed E-state index contributed by atoms with van der Waals surface area (Å²) in [6.07, 6.45) is -0.260. The largest absolute Gasteiger partial charge is 0.444 e. The molecule has 0 unspecified atom stereocenters. The zero-order valence-electron chi connectivity index (χ0n) is 13.8. The second-order valence-electron chi connectivity index (χ2n) is 7.13. The highest BCUT2D eigenvalue weighted by atomic mass is 19.1. The average Bonchev–Trinajstić information content (AvgIpc) is 2.35. The molecule has 0 saturated carbocycles. The molecule has 122 valence electrons. The van der Waals surface area contributed by atoms with Crippen LogP contribution in [0.5, 0.6) is 0 Å². The Morgan fingerprint density at radius 2 is 1.64 bits per heavy atom. The third-order valence-electron chi connectivity index (χ3n) is 2.92. The van der Waals surface area contributed by atoms with Crippen LogP contribution in [0.3, 0.4) is 0 Å². The summed E-state index contributed by atoms with van der Waals surface area (Å²) < 4.78 is 18.0. The first-order chi connectivity index (χ1) is 9.98. The number of hydrogen-bond donors (Lipinski definition) is 1. The molecule has 1 aromatic carbocycles. The highest BCUT2D eigenvalue weighted by molar-refractivity contribution is 5.96. The maximum absolute atomic E-state index is 12.9. The summed E-state index contributed by atoms with van der Waals surface area (Å²) in [5.74, 6) is -0.460. The fraction of sp³-hybridized carbons (Fsp3) is 0.529. The van der Waals surface area contributed by atoms with Gasteiger partial charge in [-0.2, -0.15) is 0 Å². The predicted octanol–water partition coefficient (Wildman–Crippen LogP) is 3.95. The number of carbonyl (C=O) groups excluding carboxylic acids is 2. The van der Waals surface area contributed by atoms with Crippen molar-refractivity contribution in [1.82, 2.24) is 5.32 Å². The van der Waals surface area contributed by atoms with E-state index in [1.165, 1.54) is 24.3 Å². The Labute approximate surface area is 131 Å². The fourth-order valence-electron chi connectivity index (χ4n) is 1.86. The lowest BCUT2D eigenvalue weighted by Gasteiger charge is -2.26. The maximum atomic E-state index is 12.9. The minimum Gasteiger partial charge on any atom is -0.444 e. The van der Waals surface area contributed by atoms with E-state index in [2.05, 4.69) is 5.32 Å². The van der Waals surface area contributed by atoms with Crippen LogP contribution in [-0.4, -0.2) is 24.0 Å². The fourth-order valence-corrected chi connectivity index (χ4v) is 1.86. The van der Waals surface area contributed by atoms with E-state index in [1.54, 1.807) is 20.8 Å². The van der Waals surface area contributed by atoms with Gasteiger partial charge in [0.25, 0.3) is 0 Å². The van der Waals surface area contributed by atoms with Crippen molar-refractivity contribution >= 4 is 11.9 Å². The van der Waals surface area contributed by atoms with E-state index in [-0.39, 0.29) is 18.0 Å². The number of Topliss-reactive ketones (excluding diaryl/α,β-unsaturated/α-hetero) is 1. The highest BCUT2D eigenvalue weighted by Crippen LogP contribution is 2.22. The van der Waals surface area contributed by atoms with Crippen LogP contribution in [0, 0.1) is 11.2 Å². The summed E-state index contributed by atoms with van der Waals surface area (Å²) in [4.78, 5) is 23.8. The van der Waals surface area contributed by atoms with Gasteiger partial charge < -0.3 is 10.1 Å². The Morgan fingerprint density at radius 1 is 1.09 bits per heavy atom. The van der Waals surface area contributed by atoms with Crippen molar-refractivity contribution in [3.05, 3.63) is 35.6 Å². The van der Waals surface area contributed by atoms with Crippen LogP contribution in [0.25, 0.3) is 0 Å². The second-order valence-corrected chi connectivity index (χ2v) is 7.13. The van der Waals surface area contributed by atoms with Gasteiger partial charge in [0.1, 0.15) is 11.4 Å². The van der Waals surface area contributed by atoms with Gasteiger partial charge in [-0.25, -0.2) is 9.18 Å². The van der Waals surface area contributed by atoms with E-state index < -0.39 is 17.1 Å². The van der Waals surface area contributed by atoms with Crippen LogP contribution >= 0.6 is 0 Å². The number of nitrogens with one attached hydrogen (secondary N) is 1. The molecule has 1 rings (SSSR count). The zero-order valence-corrected chi connectivity index (χ0v) is 13.8. The molecule has 1 aromatic rings. The topological polar surface area (TPSA) is 55.4 Å². The lowest BCUT2D eigenvalue weighted by molar-refractivity contribution is 0.0500. The molecule has 0 aliphatic rings. The van der Waals surface area contributed by atoms with Crippen molar-refractivity contribution in [2.24, 2.45) is 5.41 Å². The van der Waals surface area contributed by atoms with Crippen LogP contribution in [-0.2, 0) is 4.74 Å². The van der Waals surface area contributed by atoms with Crippen molar-refractivity contribution < 1.29 is 18.7 Å². The van der Waals surface area contributed by atoms with E-state index in [4.69, 9.17) is 4.74 Å². The molecule has 4 nitrogen and oxygen atoms in total. The number of ether oxygens (including phenoxy) is 1. The van der Waals surface area contributed by atoms with Gasteiger partial charge in [-0.05, 0) is 50.5 Å². The summed E-state index contributed by atoms with van der Waals surface area (Å²) in [5.41, 5.74) is -0.521. The van der Waals surface area contributed by atoms with E-state index in [1.807, 2.05) is 13.8 Å². The summed E-state index contributed by atoms with van der Waals surface area (Å²) in [6, 6.07) is 5.46. The van der Waals surface area contributed by atoms with Gasteiger partial charge in [-0.3, -0.25) is 4.79 Å². The molecule has 0 spiro atoms. The summed E-state index contributed by atoms with van der Waals surface area (Å²) >= 11 is 0. The average molecular weight is 309 g/mol. The van der Waals surface area contributed by atoms with Gasteiger partial charge in [0.05, 0.1) is 0 Å². The van der Waals surface area contributed by atoms with Crippen LogP contribution in [0.2, 0.25) is 0 Å². The summed E-state index contributed by atoms with van der Waals surface area (Å²) in [5, 5.41) is 2.67. The molecule has 22 heavy (non-hydrogen) atoms. The molecule has 5 heteroatoms. The molecule has 0 radical (unpaired) electrons. The van der Waals surface area contributed by atoms with Crippen molar-refractivity contribution in [2.75, 3.05) is 6.54 Å². The molecule has 0 aliphatic carbocycles. The first-order valence-corrected chi connectivity index (χ1v) is 7.24. The summed E-state index contributed by atoms with van der Waals surface area (Å²) in [6.45, 7) is 9.44. The minimum atomic E-state index is -0.557. The Bertz CT molecular complexity index is 530. The van der Waals surface area contributed by atoms with E-state index >= 15 is 0 Å². The summed E-state index contributed by atoms with van der Waals surface area (Å²) in [7, 11) is 0. The molecule has 0 atom stereocenters. The van der Waals surface area contributed by atoms with Gasteiger partial charge in [0, 0.05) is 18.5 Å². The molecule has 0 bridgehead atoms. The van der Waals surface area contributed by atoms with Gasteiger partial charge in [-0.15, -0.1) is 0 Å². The number of alkyl carbamates (subject to hydrolysis) is 1. The van der Waals surface area contributed by atoms with Gasteiger partial charge in [0.15, 0.2) is 5.78 Å². The quantitative estimate of drug-likeness (QED) is 0.838. The van der Waals surface area contributed by atoms with Crippen LogP contribution < -0.4 is 5.32 Å². The third kappa shape index (κ3) is 6.70. The monoisotopic (exact) mass is 309 g/mol. The predicted molar refractivity (Wildman–Crippen MR) is 83.4 cm³/mol. The number of amides is 1. The van der Waals surface area contributed by atoms with E-state index in [9.17, 15) is 14.0 Å². The van der Waals surface area contributed by atoms with Gasteiger partial charge >= 0.3 is 6.09 Å². The standard InChI is InChI=1S/C17H24FNO3/c1-16(2,3)22-15(21)19-11-17(4,5)10-14(20)12-6-8-13(18)9-7-12/h6-9H,10-11H2,1-5H3,(H,19,21). The van der Waals surface area contributed by atoms with Gasteiger partial charge in [0.2, 0.25) is 0 Å². The second kappa shape index (κ2) is 6.90. The molecular formula is C17H24FNO3. The molecular weight excluding hydrogens is 285 g/mol. The SMILES string of the molecule is CC(C)(CNC(=O)OC(C)(C)C)CC(=O)c1ccc(F)cc1. The molecule has 0 heterocycles. The zero-order chi connectivity index (χ0) is 17.0. The van der Waals surface area contributed by atoms with E-state index in [0.29, 0.717) is 12.1 Å². The normalized spacial score (nSPS) is 11.9. The van der Waals surface area contributed by atoms with Crippen molar-refractivity contribution in [1.29, 1.82) is 0 Å². The van der Waals surface area contributed by atoms with Crippen LogP contribution in [0.1, 0.15) is 51.4 Å². The van der Waals surface area contributed by atoms with Crippen molar-refractivity contribution in [2.45, 2.75) is 46.6 Å². The number of carbonyl (C=O) groups is 2. The first-order valence-electron chi connectivity index (χ1n) is 7.24. The molecule has 1 amide bonds. The number of halogens is 1. The number of hydrogen-bond acceptors (Lipinski definition) is 3. The van der Waals surface area contributed by atoms with Gasteiger partial charge in [-0.1, -0.05) is 13.8 Å². The van der Waals surface area contributed by atoms with Crippen LogP contribution in [0.15, 0.2) is 24.3 Å². The van der Waals surface area contributed by atoms with Crippen molar-refractivity contribution in [3.8, 4) is 0 Å². The Kier molecular flexibility index (Phi) is 5.69. The number of ketones is 1. The minimum absolute atomic E-state index is 0.0870. The molecule has 0 saturated heterocycles. The Hall–Kier alpha value is -1.91. The highest BCUT2D eigenvalue weighted by Gasteiger charge is 2.25. The smallest absolute Gasteiger partial charge is 0.407 e. The number of rotatable bonds is 5. The third-order valence-corrected chi connectivity index (χ3v) is 2.92. The Balaban J connectivity index is 2.54. The lowest BCUT2D eigenvalue weighted by Crippen LogP contribution is -2.38. The molecule has 0 aliphatic heterocycles. The van der Waals surface area contributed by atoms with E-state index in [0.717, 1.165) is 0 Å². The number of benzene rings is 1. The van der Waals surface area contributed by atoms with Crippen molar-refractivity contribution in [3.63, 3.8) is 0 Å². The first kappa shape index (κ1) is 18.1. The van der Waals surface area contributed by atoms with Crippen LogP contribution in [0.4, 0.5) is 9.18 Å².